The van der Waals surface area contributed by atoms with Gasteiger partial charge in [-0.1, -0.05) is 17.3 Å². The first-order valence-electron chi connectivity index (χ1n) is 8.07. The zero-order valence-corrected chi connectivity index (χ0v) is 12.9. The summed E-state index contributed by atoms with van der Waals surface area (Å²) in [4.78, 5) is 29.1. The number of rotatable bonds is 3. The molecule has 120 valence electrons. The Bertz CT molecular complexity index is 790. The number of aromatic nitrogens is 3. The molecule has 1 amide bonds. The summed E-state index contributed by atoms with van der Waals surface area (Å²) in [6.07, 6.45) is 2.58. The first-order chi connectivity index (χ1) is 11.2. The number of benzene rings is 1. The number of nitrogens with zero attached hydrogens (tertiary/aromatic N) is 5. The largest absolute Gasteiger partial charge is 0.339 e. The van der Waals surface area contributed by atoms with Crippen LogP contribution in [0.5, 0.6) is 0 Å². The van der Waals surface area contributed by atoms with Crippen molar-refractivity contribution in [2.75, 3.05) is 26.2 Å². The molecule has 0 atom stereocenters. The van der Waals surface area contributed by atoms with Gasteiger partial charge < -0.3 is 4.90 Å². The van der Waals surface area contributed by atoms with Gasteiger partial charge in [-0.05, 0) is 25.0 Å². The first kappa shape index (κ1) is 14.3. The van der Waals surface area contributed by atoms with E-state index in [9.17, 15) is 9.59 Å². The van der Waals surface area contributed by atoms with Crippen LogP contribution in [0.3, 0.4) is 0 Å². The molecule has 0 spiro atoms. The highest BCUT2D eigenvalue weighted by molar-refractivity contribution is 5.78. The van der Waals surface area contributed by atoms with E-state index in [-0.39, 0.29) is 18.0 Å². The fraction of sp³-hybridized carbons (Fsp3) is 0.500. The summed E-state index contributed by atoms with van der Waals surface area (Å²) in [5, 5.41) is 8.40. The van der Waals surface area contributed by atoms with Crippen LogP contribution in [0, 0.1) is 0 Å². The van der Waals surface area contributed by atoms with E-state index < -0.39 is 0 Å². The van der Waals surface area contributed by atoms with Crippen LogP contribution in [0.2, 0.25) is 0 Å². The molecule has 2 aromatic rings. The molecule has 1 aromatic heterocycles. The molecule has 1 saturated carbocycles. The van der Waals surface area contributed by atoms with E-state index in [1.807, 2.05) is 11.0 Å². The van der Waals surface area contributed by atoms with Crippen molar-refractivity contribution < 1.29 is 4.79 Å². The Morgan fingerprint density at radius 3 is 2.61 bits per heavy atom. The van der Waals surface area contributed by atoms with Crippen molar-refractivity contribution in [2.45, 2.75) is 25.4 Å². The molecule has 0 unspecified atom stereocenters. The Hall–Kier alpha value is -2.28. The van der Waals surface area contributed by atoms with Gasteiger partial charge in [-0.3, -0.25) is 14.5 Å². The fourth-order valence-electron chi connectivity index (χ4n) is 3.13. The summed E-state index contributed by atoms with van der Waals surface area (Å²) in [7, 11) is 0. The number of carbonyl (C=O) groups is 1. The maximum Gasteiger partial charge on any atom is 0.278 e. The smallest absolute Gasteiger partial charge is 0.278 e. The SMILES string of the molecule is O=C(Cn1nnc2ccccc2c1=O)N1CCN(C2CC2)CC1. The minimum atomic E-state index is -0.263. The Morgan fingerprint density at radius 1 is 1.13 bits per heavy atom. The Labute approximate surface area is 133 Å². The molecule has 0 radical (unpaired) electrons. The van der Waals surface area contributed by atoms with Gasteiger partial charge in [0.1, 0.15) is 12.1 Å². The molecule has 23 heavy (non-hydrogen) atoms. The van der Waals surface area contributed by atoms with Crippen LogP contribution in [0.15, 0.2) is 29.1 Å². The molecule has 0 N–H and O–H groups in total. The van der Waals surface area contributed by atoms with E-state index in [0.717, 1.165) is 36.9 Å². The molecule has 7 heteroatoms. The molecule has 1 aromatic carbocycles. The summed E-state index contributed by atoms with van der Waals surface area (Å²) >= 11 is 0. The molecule has 7 nitrogen and oxygen atoms in total. The van der Waals surface area contributed by atoms with E-state index >= 15 is 0 Å². The van der Waals surface area contributed by atoms with Crippen molar-refractivity contribution in [1.29, 1.82) is 0 Å². The van der Waals surface area contributed by atoms with Crippen LogP contribution >= 0.6 is 0 Å². The highest BCUT2D eigenvalue weighted by Gasteiger charge is 2.32. The van der Waals surface area contributed by atoms with Gasteiger partial charge >= 0.3 is 0 Å². The van der Waals surface area contributed by atoms with Gasteiger partial charge in [0.05, 0.1) is 5.39 Å². The lowest BCUT2D eigenvalue weighted by Crippen LogP contribution is -2.50. The lowest BCUT2D eigenvalue weighted by molar-refractivity contribution is -0.134. The van der Waals surface area contributed by atoms with E-state index in [2.05, 4.69) is 15.2 Å². The summed E-state index contributed by atoms with van der Waals surface area (Å²) in [5.41, 5.74) is 0.291. The highest BCUT2D eigenvalue weighted by Crippen LogP contribution is 2.27. The molecule has 0 bridgehead atoms. The van der Waals surface area contributed by atoms with Gasteiger partial charge in [0.2, 0.25) is 5.91 Å². The van der Waals surface area contributed by atoms with Crippen molar-refractivity contribution in [1.82, 2.24) is 24.8 Å². The molecule has 2 fully saturated rings. The first-order valence-corrected chi connectivity index (χ1v) is 8.07. The zero-order valence-electron chi connectivity index (χ0n) is 12.9. The third kappa shape index (κ3) is 2.84. The van der Waals surface area contributed by atoms with Crippen molar-refractivity contribution >= 4 is 16.8 Å². The van der Waals surface area contributed by atoms with E-state index in [0.29, 0.717) is 10.9 Å². The lowest BCUT2D eigenvalue weighted by atomic mass is 10.2. The topological polar surface area (TPSA) is 71.3 Å². The number of hydrogen-bond donors (Lipinski definition) is 0. The van der Waals surface area contributed by atoms with Gasteiger partial charge in [-0.2, -0.15) is 0 Å². The Morgan fingerprint density at radius 2 is 1.87 bits per heavy atom. The van der Waals surface area contributed by atoms with Gasteiger partial charge in [0.15, 0.2) is 0 Å². The molecule has 4 rings (SSSR count). The quantitative estimate of drug-likeness (QED) is 0.803. The van der Waals surface area contributed by atoms with Crippen LogP contribution in [-0.4, -0.2) is 62.9 Å². The molecule has 1 saturated heterocycles. The number of fused-ring (bicyclic) bond motifs is 1. The molecule has 1 aliphatic carbocycles. The second kappa shape index (κ2) is 5.73. The zero-order chi connectivity index (χ0) is 15.8. The maximum absolute atomic E-state index is 12.4. The Balaban J connectivity index is 1.46. The summed E-state index contributed by atoms with van der Waals surface area (Å²) in [6.45, 7) is 3.26. The molecule has 2 aliphatic rings. The van der Waals surface area contributed by atoms with Crippen molar-refractivity contribution in [2.24, 2.45) is 0 Å². The minimum absolute atomic E-state index is 0.0416. The van der Waals surface area contributed by atoms with E-state index in [4.69, 9.17) is 0 Å². The number of amides is 1. The van der Waals surface area contributed by atoms with Gasteiger partial charge in [-0.25, -0.2) is 4.68 Å². The minimum Gasteiger partial charge on any atom is -0.339 e. The average Bonchev–Trinajstić information content (AvgIpc) is 3.43. The average molecular weight is 313 g/mol. The third-order valence-electron chi connectivity index (χ3n) is 4.64. The predicted octanol–water partition coefficient (Wildman–Crippen LogP) is 0.0981. The monoisotopic (exact) mass is 313 g/mol. The highest BCUT2D eigenvalue weighted by atomic mass is 16.2. The van der Waals surface area contributed by atoms with Crippen LogP contribution in [-0.2, 0) is 11.3 Å². The van der Waals surface area contributed by atoms with E-state index in [1.54, 1.807) is 18.2 Å². The van der Waals surface area contributed by atoms with Crippen LogP contribution < -0.4 is 5.56 Å². The molecular formula is C16H19N5O2. The fourth-order valence-corrected chi connectivity index (χ4v) is 3.13. The second-order valence-electron chi connectivity index (χ2n) is 6.22. The standard InChI is InChI=1S/C16H19N5O2/c22-15(20-9-7-19(8-10-20)12-5-6-12)11-21-16(23)13-3-1-2-4-14(13)17-18-21/h1-4,12H,5-11H2. The summed E-state index contributed by atoms with van der Waals surface area (Å²) < 4.78 is 1.16. The number of hydrogen-bond acceptors (Lipinski definition) is 5. The molecule has 2 heterocycles. The number of piperazine rings is 1. The van der Waals surface area contributed by atoms with Crippen molar-refractivity contribution in [3.8, 4) is 0 Å². The van der Waals surface area contributed by atoms with Crippen molar-refractivity contribution in [3.05, 3.63) is 34.6 Å². The van der Waals surface area contributed by atoms with Crippen molar-refractivity contribution in [3.63, 3.8) is 0 Å². The Kier molecular flexibility index (Phi) is 3.57. The normalized spacial score (nSPS) is 19.2. The molecular weight excluding hydrogens is 294 g/mol. The van der Waals surface area contributed by atoms with Gasteiger partial charge in [0.25, 0.3) is 5.56 Å². The second-order valence-corrected chi connectivity index (χ2v) is 6.22. The number of carbonyl (C=O) groups excluding carboxylic acids is 1. The molecule has 1 aliphatic heterocycles. The van der Waals surface area contributed by atoms with E-state index in [1.165, 1.54) is 12.8 Å². The van der Waals surface area contributed by atoms with Gasteiger partial charge in [0, 0.05) is 32.2 Å². The summed E-state index contributed by atoms with van der Waals surface area (Å²) in [6, 6.07) is 7.79. The van der Waals surface area contributed by atoms with Crippen LogP contribution in [0.25, 0.3) is 10.9 Å². The lowest BCUT2D eigenvalue weighted by Gasteiger charge is -2.34. The van der Waals surface area contributed by atoms with Crippen LogP contribution in [0.4, 0.5) is 0 Å². The van der Waals surface area contributed by atoms with Gasteiger partial charge in [-0.15, -0.1) is 5.10 Å². The third-order valence-corrected chi connectivity index (χ3v) is 4.64. The maximum atomic E-state index is 12.4. The van der Waals surface area contributed by atoms with Crippen LogP contribution in [0.1, 0.15) is 12.8 Å². The summed E-state index contributed by atoms with van der Waals surface area (Å²) in [5.74, 6) is -0.0628. The predicted molar refractivity (Wildman–Crippen MR) is 85.0 cm³/mol.